The first-order valence-electron chi connectivity index (χ1n) is 9.07. The summed E-state index contributed by atoms with van der Waals surface area (Å²) in [5.74, 6) is 0.770. The lowest BCUT2D eigenvalue weighted by Crippen LogP contribution is -2.22. The van der Waals surface area contributed by atoms with Crippen LogP contribution in [0.2, 0.25) is 0 Å². The maximum atomic E-state index is 10.5. The summed E-state index contributed by atoms with van der Waals surface area (Å²) in [6, 6.07) is 11.5. The van der Waals surface area contributed by atoms with Gasteiger partial charge < -0.3 is 35.7 Å². The van der Waals surface area contributed by atoms with E-state index in [1.165, 1.54) is 0 Å². The Morgan fingerprint density at radius 2 is 2.11 bits per heavy atom. The van der Waals surface area contributed by atoms with Gasteiger partial charge in [0, 0.05) is 51.7 Å². The van der Waals surface area contributed by atoms with Gasteiger partial charge in [0.1, 0.15) is 5.75 Å². The molecule has 2 unspecified atom stereocenters. The Hall–Kier alpha value is -3.00. The van der Waals surface area contributed by atoms with Crippen molar-refractivity contribution in [2.45, 2.75) is 12.3 Å². The number of nitrogens with one attached hydrogen (secondary N) is 3. The fourth-order valence-electron chi connectivity index (χ4n) is 3.38. The Bertz CT molecular complexity index is 1030. The highest BCUT2D eigenvalue weighted by Gasteiger charge is 2.25. The number of benzene rings is 2. The zero-order chi connectivity index (χ0) is 19.7. The van der Waals surface area contributed by atoms with Gasteiger partial charge in [0.2, 0.25) is 0 Å². The monoisotopic (exact) mass is 381 g/mol. The molecule has 2 aromatic carbocycles. The Balaban J connectivity index is 1.70. The van der Waals surface area contributed by atoms with Crippen molar-refractivity contribution in [2.24, 2.45) is 0 Å². The Morgan fingerprint density at radius 1 is 1.25 bits per heavy atom. The van der Waals surface area contributed by atoms with Crippen molar-refractivity contribution in [3.05, 3.63) is 53.7 Å². The molecule has 0 bridgehead atoms. The van der Waals surface area contributed by atoms with Gasteiger partial charge in [-0.05, 0) is 42.5 Å². The van der Waals surface area contributed by atoms with Gasteiger partial charge in [-0.15, -0.1) is 0 Å². The maximum Gasteiger partial charge on any atom is 0.151 e. The van der Waals surface area contributed by atoms with Gasteiger partial charge in [0.05, 0.1) is 19.8 Å². The zero-order valence-corrected chi connectivity index (χ0v) is 15.4. The molecule has 0 spiro atoms. The smallest absolute Gasteiger partial charge is 0.151 e. The standard InChI is InChI=1S/C21H23N3O4/c1-28-15-3-5-19-16(8-15)12(9-23-19)6-18-17-7-13(22-10-14(26)11-25)2-4-20(17)24-21(18)27/h2-9,14,21-27H,10-11H2,1H3. The van der Waals surface area contributed by atoms with Crippen LogP contribution in [-0.4, -0.2) is 52.9 Å². The number of aliphatic hydroxyl groups is 3. The van der Waals surface area contributed by atoms with E-state index in [1.807, 2.05) is 48.7 Å². The van der Waals surface area contributed by atoms with Crippen LogP contribution >= 0.6 is 0 Å². The minimum absolute atomic E-state index is 0.243. The van der Waals surface area contributed by atoms with Crippen molar-refractivity contribution in [3.63, 3.8) is 0 Å². The van der Waals surface area contributed by atoms with Crippen molar-refractivity contribution < 1.29 is 20.1 Å². The number of aromatic amines is 1. The number of fused-ring (bicyclic) bond motifs is 2. The number of aliphatic hydroxyl groups excluding tert-OH is 3. The van der Waals surface area contributed by atoms with Gasteiger partial charge in [0.25, 0.3) is 0 Å². The average molecular weight is 381 g/mol. The van der Waals surface area contributed by atoms with Gasteiger partial charge in [-0.3, -0.25) is 0 Å². The summed E-state index contributed by atoms with van der Waals surface area (Å²) in [6.45, 7) is -0.0556. The third kappa shape index (κ3) is 3.43. The van der Waals surface area contributed by atoms with Crippen LogP contribution in [0.15, 0.2) is 42.6 Å². The second-order valence-corrected chi connectivity index (χ2v) is 6.78. The van der Waals surface area contributed by atoms with Crippen molar-refractivity contribution in [2.75, 3.05) is 30.9 Å². The molecule has 2 heterocycles. The topological polar surface area (TPSA) is 110 Å². The zero-order valence-electron chi connectivity index (χ0n) is 15.4. The molecule has 1 aromatic heterocycles. The minimum atomic E-state index is -0.826. The summed E-state index contributed by atoms with van der Waals surface area (Å²) >= 11 is 0. The number of anilines is 2. The molecular formula is C21H23N3O4. The van der Waals surface area contributed by atoms with Gasteiger partial charge in [-0.1, -0.05) is 0 Å². The van der Waals surface area contributed by atoms with E-state index < -0.39 is 12.3 Å². The van der Waals surface area contributed by atoms with E-state index in [9.17, 15) is 10.2 Å². The Morgan fingerprint density at radius 3 is 2.89 bits per heavy atom. The molecule has 2 atom stereocenters. The molecule has 6 N–H and O–H groups in total. The molecule has 0 aliphatic carbocycles. The van der Waals surface area contributed by atoms with Crippen LogP contribution < -0.4 is 15.4 Å². The van der Waals surface area contributed by atoms with Crippen molar-refractivity contribution in [1.29, 1.82) is 0 Å². The highest BCUT2D eigenvalue weighted by Crippen LogP contribution is 2.38. The molecule has 4 rings (SSSR count). The van der Waals surface area contributed by atoms with E-state index >= 15 is 0 Å². The maximum absolute atomic E-state index is 10.5. The number of H-pyrrole nitrogens is 1. The Kier molecular flexibility index (Phi) is 4.95. The van der Waals surface area contributed by atoms with Crippen LogP contribution in [0, 0.1) is 0 Å². The first kappa shape index (κ1) is 18.4. The van der Waals surface area contributed by atoms with E-state index in [0.29, 0.717) is 0 Å². The molecule has 1 aliphatic heterocycles. The molecule has 3 aromatic rings. The number of aromatic nitrogens is 1. The van der Waals surface area contributed by atoms with Gasteiger partial charge in [0.15, 0.2) is 6.23 Å². The highest BCUT2D eigenvalue weighted by atomic mass is 16.5. The van der Waals surface area contributed by atoms with Crippen LogP contribution in [0.4, 0.5) is 11.4 Å². The van der Waals surface area contributed by atoms with Crippen LogP contribution in [0.25, 0.3) is 22.6 Å². The van der Waals surface area contributed by atoms with Crippen molar-refractivity contribution in [1.82, 2.24) is 4.98 Å². The lowest BCUT2D eigenvalue weighted by atomic mass is 10.0. The molecular weight excluding hydrogens is 358 g/mol. The number of ether oxygens (including phenoxy) is 1. The third-order valence-electron chi connectivity index (χ3n) is 4.90. The first-order chi connectivity index (χ1) is 13.6. The van der Waals surface area contributed by atoms with Gasteiger partial charge in [-0.2, -0.15) is 0 Å². The van der Waals surface area contributed by atoms with E-state index in [2.05, 4.69) is 15.6 Å². The number of rotatable bonds is 6. The quantitative estimate of drug-likeness (QED) is 0.391. The summed E-state index contributed by atoms with van der Waals surface area (Å²) in [5, 5.41) is 36.2. The molecule has 1 aliphatic rings. The summed E-state index contributed by atoms with van der Waals surface area (Å²) in [7, 11) is 1.63. The second-order valence-electron chi connectivity index (χ2n) is 6.78. The molecule has 0 amide bonds. The molecule has 28 heavy (non-hydrogen) atoms. The van der Waals surface area contributed by atoms with Crippen LogP contribution in [0.5, 0.6) is 5.75 Å². The molecule has 0 fully saturated rings. The summed E-state index contributed by atoms with van der Waals surface area (Å²) in [4.78, 5) is 3.24. The average Bonchev–Trinajstić information content (AvgIpc) is 3.26. The molecule has 146 valence electrons. The molecule has 7 nitrogen and oxygen atoms in total. The molecule has 0 radical (unpaired) electrons. The van der Waals surface area contributed by atoms with E-state index in [-0.39, 0.29) is 13.2 Å². The first-order valence-corrected chi connectivity index (χ1v) is 9.07. The van der Waals surface area contributed by atoms with E-state index in [1.54, 1.807) is 7.11 Å². The fourth-order valence-corrected chi connectivity index (χ4v) is 3.38. The van der Waals surface area contributed by atoms with Crippen molar-refractivity contribution in [3.8, 4) is 5.75 Å². The second kappa shape index (κ2) is 7.55. The molecule has 7 heteroatoms. The third-order valence-corrected chi connectivity index (χ3v) is 4.90. The number of hydrogen-bond donors (Lipinski definition) is 6. The lowest BCUT2D eigenvalue weighted by molar-refractivity contribution is 0.105. The summed E-state index contributed by atoms with van der Waals surface area (Å²) < 4.78 is 5.32. The van der Waals surface area contributed by atoms with Gasteiger partial charge >= 0.3 is 0 Å². The van der Waals surface area contributed by atoms with Crippen LogP contribution in [0.1, 0.15) is 11.1 Å². The SMILES string of the molecule is COc1ccc2[nH]cc(C=C3c4cc(NCC(O)CO)ccc4NC3O)c2c1. The predicted molar refractivity (Wildman–Crippen MR) is 110 cm³/mol. The van der Waals surface area contributed by atoms with Crippen LogP contribution in [0.3, 0.4) is 0 Å². The lowest BCUT2D eigenvalue weighted by Gasteiger charge is -2.11. The highest BCUT2D eigenvalue weighted by molar-refractivity contribution is 6.00. The fraction of sp³-hybridized carbons (Fsp3) is 0.238. The van der Waals surface area contributed by atoms with Crippen LogP contribution in [-0.2, 0) is 0 Å². The summed E-state index contributed by atoms with van der Waals surface area (Å²) in [5.41, 5.74) is 5.21. The van der Waals surface area contributed by atoms with E-state index in [4.69, 9.17) is 9.84 Å². The van der Waals surface area contributed by atoms with Gasteiger partial charge in [-0.25, -0.2) is 0 Å². The molecule has 0 saturated carbocycles. The minimum Gasteiger partial charge on any atom is -0.497 e. The van der Waals surface area contributed by atoms with E-state index in [0.717, 1.165) is 44.7 Å². The molecule has 0 saturated heterocycles. The van der Waals surface area contributed by atoms with Crippen molar-refractivity contribution >= 4 is 33.9 Å². The predicted octanol–water partition coefficient (Wildman–Crippen LogP) is 2.23. The largest absolute Gasteiger partial charge is 0.497 e. The number of hydrogen-bond acceptors (Lipinski definition) is 6. The Labute approximate surface area is 162 Å². The summed E-state index contributed by atoms with van der Waals surface area (Å²) in [6.07, 6.45) is 2.22. The normalized spacial score (nSPS) is 18.1. The number of methoxy groups -OCH3 is 1.